The summed E-state index contributed by atoms with van der Waals surface area (Å²) in [6, 6.07) is 2.92. The van der Waals surface area contributed by atoms with E-state index in [1.165, 1.54) is 0 Å². The fourth-order valence-corrected chi connectivity index (χ4v) is 3.66. The molecule has 1 aliphatic heterocycles. The van der Waals surface area contributed by atoms with E-state index in [1.54, 1.807) is 0 Å². The van der Waals surface area contributed by atoms with Crippen molar-refractivity contribution < 1.29 is 17.2 Å². The Labute approximate surface area is 111 Å². The van der Waals surface area contributed by atoms with Crippen molar-refractivity contribution in [1.29, 1.82) is 0 Å². The van der Waals surface area contributed by atoms with Crippen molar-refractivity contribution >= 4 is 22.2 Å². The van der Waals surface area contributed by atoms with Crippen molar-refractivity contribution in [2.45, 2.75) is 5.25 Å². The lowest BCUT2D eigenvalue weighted by Gasteiger charge is -2.33. The fourth-order valence-electron chi connectivity index (χ4n) is 2.13. The first kappa shape index (κ1) is 15.3. The fraction of sp³-hybridized carbons (Fsp3) is 0.455. The maximum Gasteiger partial charge on any atom is 0.154 e. The second-order valence-electron chi connectivity index (χ2n) is 4.37. The molecule has 0 bridgehead atoms. The Morgan fingerprint density at radius 1 is 1.22 bits per heavy atom. The summed E-state index contributed by atoms with van der Waals surface area (Å²) in [4.78, 5) is 0. The highest BCUT2D eigenvalue weighted by atomic mass is 35.5. The first-order valence-corrected chi connectivity index (χ1v) is 7.19. The lowest BCUT2D eigenvalue weighted by Crippen LogP contribution is -2.47. The number of halogens is 3. The van der Waals surface area contributed by atoms with Gasteiger partial charge in [-0.3, -0.25) is 0 Å². The summed E-state index contributed by atoms with van der Waals surface area (Å²) in [5, 5.41) is 2.12. The zero-order chi connectivity index (χ0) is 12.6. The Bertz CT molecular complexity index is 512. The molecule has 1 fully saturated rings. The normalized spacial score (nSPS) is 17.7. The van der Waals surface area contributed by atoms with Gasteiger partial charge in [0.25, 0.3) is 0 Å². The topological polar surface area (TPSA) is 46.2 Å². The summed E-state index contributed by atoms with van der Waals surface area (Å²) in [5.41, 5.74) is 0.191. The molecule has 1 atom stereocenters. The summed E-state index contributed by atoms with van der Waals surface area (Å²) in [6.07, 6.45) is 1.10. The minimum Gasteiger partial charge on any atom is -0.316 e. The number of hydrogen-bond donors (Lipinski definition) is 1. The van der Waals surface area contributed by atoms with E-state index in [9.17, 15) is 17.2 Å². The van der Waals surface area contributed by atoms with Crippen LogP contribution in [0.25, 0.3) is 0 Å². The Hall–Kier alpha value is -0.720. The average molecular weight is 298 g/mol. The van der Waals surface area contributed by atoms with Crippen LogP contribution >= 0.6 is 12.4 Å². The first-order chi connectivity index (χ1) is 7.88. The van der Waals surface area contributed by atoms with E-state index in [0.29, 0.717) is 13.1 Å². The Morgan fingerprint density at radius 2 is 1.72 bits per heavy atom. The first-order valence-electron chi connectivity index (χ1n) is 5.23. The van der Waals surface area contributed by atoms with Gasteiger partial charge < -0.3 is 5.32 Å². The van der Waals surface area contributed by atoms with Crippen LogP contribution in [0.3, 0.4) is 0 Å². The molecule has 1 unspecified atom stereocenters. The molecule has 1 N–H and O–H groups in total. The molecule has 1 aliphatic rings. The minimum atomic E-state index is -3.38. The van der Waals surface area contributed by atoms with Crippen molar-refractivity contribution in [3.63, 3.8) is 0 Å². The number of nitrogens with one attached hydrogen (secondary N) is 1. The Morgan fingerprint density at radius 3 is 2.06 bits per heavy atom. The van der Waals surface area contributed by atoms with E-state index >= 15 is 0 Å². The molecule has 1 aromatic carbocycles. The number of hydrogen-bond acceptors (Lipinski definition) is 3. The SMILES string of the molecule is CS(=O)(=O)C(c1cc(F)cc(F)c1)C1CNC1.Cl. The maximum atomic E-state index is 13.1. The standard InChI is InChI=1S/C11H13F2NO2S.ClH/c1-17(15,16)11(8-5-14-6-8)7-2-9(12)4-10(13)3-7;/h2-4,8,11,14H,5-6H2,1H3;1H. The van der Waals surface area contributed by atoms with E-state index in [4.69, 9.17) is 0 Å². The second-order valence-corrected chi connectivity index (χ2v) is 6.54. The molecular formula is C11H14ClF2NO2S. The summed E-state index contributed by atoms with van der Waals surface area (Å²) in [7, 11) is -3.38. The molecule has 3 nitrogen and oxygen atoms in total. The van der Waals surface area contributed by atoms with Gasteiger partial charge in [0.1, 0.15) is 11.6 Å². The van der Waals surface area contributed by atoms with Crippen LogP contribution in [-0.2, 0) is 9.84 Å². The van der Waals surface area contributed by atoms with Gasteiger partial charge in [-0.1, -0.05) is 0 Å². The lowest BCUT2D eigenvalue weighted by atomic mass is 9.93. The summed E-state index contributed by atoms with van der Waals surface area (Å²) in [6.45, 7) is 1.10. The van der Waals surface area contributed by atoms with Crippen molar-refractivity contribution in [3.05, 3.63) is 35.4 Å². The van der Waals surface area contributed by atoms with Crippen LogP contribution in [0.4, 0.5) is 8.78 Å². The molecule has 7 heteroatoms. The van der Waals surface area contributed by atoms with Crippen LogP contribution < -0.4 is 5.32 Å². The maximum absolute atomic E-state index is 13.1. The van der Waals surface area contributed by atoms with Crippen LogP contribution in [0.2, 0.25) is 0 Å². The molecule has 0 aromatic heterocycles. The molecule has 1 heterocycles. The Balaban J connectivity index is 0.00000162. The molecule has 18 heavy (non-hydrogen) atoms. The molecular weight excluding hydrogens is 284 g/mol. The van der Waals surface area contributed by atoms with Gasteiger partial charge >= 0.3 is 0 Å². The van der Waals surface area contributed by atoms with Gasteiger partial charge in [-0.2, -0.15) is 0 Å². The molecule has 0 saturated carbocycles. The number of rotatable bonds is 3. The molecule has 2 rings (SSSR count). The monoisotopic (exact) mass is 297 g/mol. The third-order valence-electron chi connectivity index (χ3n) is 2.92. The quantitative estimate of drug-likeness (QED) is 0.923. The highest BCUT2D eigenvalue weighted by Crippen LogP contribution is 2.33. The van der Waals surface area contributed by atoms with Crippen molar-refractivity contribution in [3.8, 4) is 0 Å². The summed E-state index contributed by atoms with van der Waals surface area (Å²) < 4.78 is 49.7. The molecule has 1 aromatic rings. The zero-order valence-corrected chi connectivity index (χ0v) is 11.3. The Kier molecular flexibility index (Phi) is 4.69. The molecule has 0 aliphatic carbocycles. The van der Waals surface area contributed by atoms with E-state index in [-0.39, 0.29) is 23.9 Å². The van der Waals surface area contributed by atoms with Crippen LogP contribution in [0.5, 0.6) is 0 Å². The van der Waals surface area contributed by atoms with Gasteiger partial charge in [0, 0.05) is 31.3 Å². The zero-order valence-electron chi connectivity index (χ0n) is 9.69. The summed E-state index contributed by atoms with van der Waals surface area (Å²) >= 11 is 0. The predicted octanol–water partition coefficient (Wildman–Crippen LogP) is 1.69. The lowest BCUT2D eigenvalue weighted by molar-refractivity contribution is 0.331. The molecule has 102 valence electrons. The second kappa shape index (κ2) is 5.50. The molecule has 0 radical (unpaired) electrons. The molecule has 1 saturated heterocycles. The minimum absolute atomic E-state index is 0. The third kappa shape index (κ3) is 3.18. The predicted molar refractivity (Wildman–Crippen MR) is 67.6 cm³/mol. The van der Waals surface area contributed by atoms with Gasteiger partial charge in [0.15, 0.2) is 9.84 Å². The van der Waals surface area contributed by atoms with Crippen LogP contribution in [-0.4, -0.2) is 27.8 Å². The van der Waals surface area contributed by atoms with E-state index in [2.05, 4.69) is 5.32 Å². The van der Waals surface area contributed by atoms with Crippen molar-refractivity contribution in [1.82, 2.24) is 5.32 Å². The highest BCUT2D eigenvalue weighted by Gasteiger charge is 2.35. The van der Waals surface area contributed by atoms with E-state index in [1.807, 2.05) is 0 Å². The smallest absolute Gasteiger partial charge is 0.154 e. The van der Waals surface area contributed by atoms with Gasteiger partial charge in [0.2, 0.25) is 0 Å². The van der Waals surface area contributed by atoms with Crippen molar-refractivity contribution in [2.75, 3.05) is 19.3 Å². The highest BCUT2D eigenvalue weighted by molar-refractivity contribution is 7.90. The van der Waals surface area contributed by atoms with Crippen LogP contribution in [0, 0.1) is 17.6 Å². The van der Waals surface area contributed by atoms with E-state index < -0.39 is 26.7 Å². The van der Waals surface area contributed by atoms with Gasteiger partial charge in [-0.15, -0.1) is 12.4 Å². The van der Waals surface area contributed by atoms with Crippen LogP contribution in [0.15, 0.2) is 18.2 Å². The average Bonchev–Trinajstić information content (AvgIpc) is 2.06. The van der Waals surface area contributed by atoms with Crippen LogP contribution in [0.1, 0.15) is 10.8 Å². The third-order valence-corrected chi connectivity index (χ3v) is 4.50. The summed E-state index contributed by atoms with van der Waals surface area (Å²) in [5.74, 6) is -1.62. The molecule has 0 amide bonds. The number of benzene rings is 1. The van der Waals surface area contributed by atoms with Gasteiger partial charge in [-0.05, 0) is 17.7 Å². The van der Waals surface area contributed by atoms with E-state index in [0.717, 1.165) is 24.5 Å². The van der Waals surface area contributed by atoms with Crippen molar-refractivity contribution in [2.24, 2.45) is 5.92 Å². The van der Waals surface area contributed by atoms with Gasteiger partial charge in [0.05, 0.1) is 5.25 Å². The molecule has 0 spiro atoms. The largest absolute Gasteiger partial charge is 0.316 e. The van der Waals surface area contributed by atoms with Gasteiger partial charge in [-0.25, -0.2) is 17.2 Å². The number of sulfone groups is 1.